The predicted octanol–water partition coefficient (Wildman–Crippen LogP) is 4.16. The number of nitro benzene ring substituents is 1. The van der Waals surface area contributed by atoms with Crippen molar-refractivity contribution in [2.24, 2.45) is 5.92 Å². The molecule has 1 aliphatic heterocycles. The van der Waals surface area contributed by atoms with Gasteiger partial charge >= 0.3 is 5.69 Å². The van der Waals surface area contributed by atoms with Gasteiger partial charge in [0.2, 0.25) is 0 Å². The fourth-order valence-electron chi connectivity index (χ4n) is 3.91. The standard InChI is InChI=1S/C23H29N3O4/c1-3-30-22-11-10-18(13-21(22)26(28)29)23(27)24-14-19-8-4-5-9-20(19)16-25-12-6-7-17(2)15-25/h4-5,8-11,13,17H,3,6-7,12,14-16H2,1-2H3,(H,24,27). The molecule has 0 saturated carbocycles. The lowest BCUT2D eigenvalue weighted by Crippen LogP contribution is -2.34. The van der Waals surface area contributed by atoms with E-state index in [1.807, 2.05) is 18.2 Å². The largest absolute Gasteiger partial charge is 0.487 e. The van der Waals surface area contributed by atoms with Crippen LogP contribution in [0, 0.1) is 16.0 Å². The van der Waals surface area contributed by atoms with Crippen LogP contribution in [0.2, 0.25) is 0 Å². The molecule has 0 aromatic heterocycles. The van der Waals surface area contributed by atoms with Crippen LogP contribution in [-0.2, 0) is 13.1 Å². The second-order valence-electron chi connectivity index (χ2n) is 7.81. The van der Waals surface area contributed by atoms with Crippen LogP contribution in [0.15, 0.2) is 42.5 Å². The molecule has 160 valence electrons. The van der Waals surface area contributed by atoms with Crippen molar-refractivity contribution in [2.45, 2.75) is 39.8 Å². The number of likely N-dealkylation sites (tertiary alicyclic amines) is 1. The molecule has 1 heterocycles. The minimum Gasteiger partial charge on any atom is -0.487 e. The monoisotopic (exact) mass is 411 g/mol. The van der Waals surface area contributed by atoms with Crippen LogP contribution >= 0.6 is 0 Å². The van der Waals surface area contributed by atoms with E-state index >= 15 is 0 Å². The van der Waals surface area contributed by atoms with Crippen LogP contribution in [0.25, 0.3) is 0 Å². The number of piperidine rings is 1. The molecule has 1 amide bonds. The van der Waals surface area contributed by atoms with Gasteiger partial charge in [0.05, 0.1) is 11.5 Å². The zero-order valence-corrected chi connectivity index (χ0v) is 17.6. The first-order valence-corrected chi connectivity index (χ1v) is 10.5. The van der Waals surface area contributed by atoms with Gasteiger partial charge in [-0.25, -0.2) is 0 Å². The Morgan fingerprint density at radius 2 is 2.03 bits per heavy atom. The van der Waals surface area contributed by atoms with Crippen LogP contribution in [-0.4, -0.2) is 35.4 Å². The van der Waals surface area contributed by atoms with Crippen molar-refractivity contribution < 1.29 is 14.5 Å². The Labute approximate surface area is 177 Å². The predicted molar refractivity (Wildman–Crippen MR) is 116 cm³/mol. The lowest BCUT2D eigenvalue weighted by molar-refractivity contribution is -0.385. The summed E-state index contributed by atoms with van der Waals surface area (Å²) in [4.78, 5) is 25.9. The fraction of sp³-hybridized carbons (Fsp3) is 0.435. The molecule has 0 spiro atoms. The number of nitrogens with one attached hydrogen (secondary N) is 1. The van der Waals surface area contributed by atoms with Crippen LogP contribution < -0.4 is 10.1 Å². The van der Waals surface area contributed by atoms with Crippen LogP contribution in [0.5, 0.6) is 5.75 Å². The summed E-state index contributed by atoms with van der Waals surface area (Å²) in [7, 11) is 0. The average Bonchev–Trinajstić information content (AvgIpc) is 2.73. The number of hydrogen-bond donors (Lipinski definition) is 1. The molecule has 1 saturated heterocycles. The van der Waals surface area contributed by atoms with E-state index in [0.717, 1.165) is 25.2 Å². The highest BCUT2D eigenvalue weighted by molar-refractivity contribution is 5.95. The average molecular weight is 412 g/mol. The first kappa shape index (κ1) is 21.8. The molecule has 1 atom stereocenters. The van der Waals surface area contributed by atoms with Gasteiger partial charge in [0, 0.05) is 31.3 Å². The van der Waals surface area contributed by atoms with Gasteiger partial charge < -0.3 is 10.1 Å². The molecule has 7 nitrogen and oxygen atoms in total. The molecule has 2 aromatic rings. The molecule has 2 aromatic carbocycles. The number of nitrogens with zero attached hydrogens (tertiary/aromatic N) is 2. The maximum atomic E-state index is 12.6. The molecule has 1 unspecified atom stereocenters. The molecule has 1 fully saturated rings. The maximum Gasteiger partial charge on any atom is 0.311 e. The third-order valence-electron chi connectivity index (χ3n) is 5.41. The van der Waals surface area contributed by atoms with Crippen molar-refractivity contribution in [3.63, 3.8) is 0 Å². The summed E-state index contributed by atoms with van der Waals surface area (Å²) in [6.07, 6.45) is 2.50. The smallest absolute Gasteiger partial charge is 0.311 e. The molecule has 0 aliphatic carbocycles. The number of carbonyl (C=O) groups is 1. The zero-order chi connectivity index (χ0) is 21.5. The van der Waals surface area contributed by atoms with E-state index in [1.165, 1.54) is 30.5 Å². The molecule has 1 N–H and O–H groups in total. The van der Waals surface area contributed by atoms with Gasteiger partial charge in [0.25, 0.3) is 5.91 Å². The second-order valence-corrected chi connectivity index (χ2v) is 7.81. The number of benzene rings is 2. The Morgan fingerprint density at radius 3 is 2.73 bits per heavy atom. The molecular formula is C23H29N3O4. The van der Waals surface area contributed by atoms with Crippen molar-refractivity contribution in [1.82, 2.24) is 10.2 Å². The van der Waals surface area contributed by atoms with Crippen molar-refractivity contribution in [1.29, 1.82) is 0 Å². The zero-order valence-electron chi connectivity index (χ0n) is 17.6. The highest BCUT2D eigenvalue weighted by atomic mass is 16.6. The first-order chi connectivity index (χ1) is 14.5. The van der Waals surface area contributed by atoms with Crippen molar-refractivity contribution in [3.8, 4) is 5.75 Å². The molecule has 3 rings (SSSR count). The van der Waals surface area contributed by atoms with Gasteiger partial charge in [0.1, 0.15) is 0 Å². The van der Waals surface area contributed by atoms with Gasteiger partial charge in [-0.3, -0.25) is 19.8 Å². The van der Waals surface area contributed by atoms with E-state index in [9.17, 15) is 14.9 Å². The van der Waals surface area contributed by atoms with Crippen molar-refractivity contribution in [2.75, 3.05) is 19.7 Å². The Kier molecular flexibility index (Phi) is 7.41. The molecular weight excluding hydrogens is 382 g/mol. The summed E-state index contributed by atoms with van der Waals surface area (Å²) in [6.45, 7) is 7.79. The van der Waals surface area contributed by atoms with Crippen LogP contribution in [0.4, 0.5) is 5.69 Å². The molecule has 7 heteroatoms. The Balaban J connectivity index is 1.68. The summed E-state index contributed by atoms with van der Waals surface area (Å²) in [5.41, 5.74) is 2.30. The Hall–Kier alpha value is -2.93. The van der Waals surface area contributed by atoms with Gasteiger partial charge in [0.15, 0.2) is 5.75 Å². The minimum absolute atomic E-state index is 0.167. The highest BCUT2D eigenvalue weighted by Crippen LogP contribution is 2.28. The van der Waals surface area contributed by atoms with E-state index in [0.29, 0.717) is 19.1 Å². The van der Waals surface area contributed by atoms with Crippen molar-refractivity contribution >= 4 is 11.6 Å². The second kappa shape index (κ2) is 10.2. The summed E-state index contributed by atoms with van der Waals surface area (Å²) in [5, 5.41) is 14.2. The summed E-state index contributed by atoms with van der Waals surface area (Å²) in [5.74, 6) is 0.531. The van der Waals surface area contributed by atoms with Crippen molar-refractivity contribution in [3.05, 3.63) is 69.3 Å². The van der Waals surface area contributed by atoms with E-state index in [4.69, 9.17) is 4.74 Å². The highest BCUT2D eigenvalue weighted by Gasteiger charge is 2.20. The van der Waals surface area contributed by atoms with E-state index in [1.54, 1.807) is 13.0 Å². The van der Waals surface area contributed by atoms with E-state index < -0.39 is 4.92 Å². The quantitative estimate of drug-likeness (QED) is 0.521. The van der Waals surface area contributed by atoms with Gasteiger partial charge in [-0.1, -0.05) is 31.2 Å². The number of rotatable bonds is 8. The fourth-order valence-corrected chi connectivity index (χ4v) is 3.91. The molecule has 30 heavy (non-hydrogen) atoms. The summed E-state index contributed by atoms with van der Waals surface area (Å²) in [6, 6.07) is 12.4. The SMILES string of the molecule is CCOc1ccc(C(=O)NCc2ccccc2CN2CCCC(C)C2)cc1[N+](=O)[O-]. The topological polar surface area (TPSA) is 84.7 Å². The maximum absolute atomic E-state index is 12.6. The number of amides is 1. The molecule has 0 bridgehead atoms. The Bertz CT molecular complexity index is 900. The summed E-state index contributed by atoms with van der Waals surface area (Å²) < 4.78 is 5.28. The number of nitro groups is 1. The Morgan fingerprint density at radius 1 is 1.27 bits per heavy atom. The normalized spacial score (nSPS) is 16.8. The minimum atomic E-state index is -0.531. The van der Waals surface area contributed by atoms with Gasteiger partial charge in [-0.15, -0.1) is 0 Å². The third-order valence-corrected chi connectivity index (χ3v) is 5.41. The van der Waals surface area contributed by atoms with Gasteiger partial charge in [-0.05, 0) is 55.5 Å². The van der Waals surface area contributed by atoms with E-state index in [-0.39, 0.29) is 22.9 Å². The lowest BCUT2D eigenvalue weighted by atomic mass is 9.99. The van der Waals surface area contributed by atoms with Crippen LogP contribution in [0.1, 0.15) is 48.2 Å². The number of carbonyl (C=O) groups excluding carboxylic acids is 1. The first-order valence-electron chi connectivity index (χ1n) is 10.5. The third kappa shape index (κ3) is 5.57. The van der Waals surface area contributed by atoms with E-state index in [2.05, 4.69) is 23.2 Å². The molecule has 1 aliphatic rings. The van der Waals surface area contributed by atoms with Gasteiger partial charge in [-0.2, -0.15) is 0 Å². The summed E-state index contributed by atoms with van der Waals surface area (Å²) >= 11 is 0. The molecule has 0 radical (unpaired) electrons. The van der Waals surface area contributed by atoms with Crippen LogP contribution in [0.3, 0.4) is 0 Å². The lowest BCUT2D eigenvalue weighted by Gasteiger charge is -2.31. The number of ether oxygens (including phenoxy) is 1. The number of hydrogen-bond acceptors (Lipinski definition) is 5.